The predicted octanol–water partition coefficient (Wildman–Crippen LogP) is 4.18. The van der Waals surface area contributed by atoms with Crippen LogP contribution in [-0.4, -0.2) is 29.5 Å². The Bertz CT molecular complexity index is 1310. The summed E-state index contributed by atoms with van der Waals surface area (Å²) in [6.07, 6.45) is 5.54. The molecule has 10 heteroatoms. The van der Waals surface area contributed by atoms with Crippen molar-refractivity contribution in [2.75, 3.05) is 11.1 Å². The maximum absolute atomic E-state index is 12.6. The van der Waals surface area contributed by atoms with Crippen LogP contribution in [0.1, 0.15) is 63.8 Å². The molecule has 1 atom stereocenters. The number of rotatable bonds is 6. The number of nitrogen functional groups attached to an aromatic ring is 1. The van der Waals surface area contributed by atoms with Crippen LogP contribution in [0.5, 0.6) is 0 Å². The summed E-state index contributed by atoms with van der Waals surface area (Å²) in [5.74, 6) is 0.665. The lowest BCUT2D eigenvalue weighted by atomic mass is 10.2. The number of ether oxygens (including phenoxy) is 1. The number of imidazole rings is 1. The Labute approximate surface area is 193 Å². The number of benzene rings is 1. The van der Waals surface area contributed by atoms with Gasteiger partial charge in [0, 0.05) is 18.1 Å². The second kappa shape index (κ2) is 8.26. The number of hydrogen-bond acceptors (Lipinski definition) is 7. The van der Waals surface area contributed by atoms with Crippen LogP contribution in [0.25, 0.3) is 5.65 Å². The lowest BCUT2D eigenvalue weighted by Crippen LogP contribution is -2.36. The van der Waals surface area contributed by atoms with E-state index >= 15 is 0 Å². The van der Waals surface area contributed by atoms with Gasteiger partial charge >= 0.3 is 6.09 Å². The molecule has 1 aliphatic carbocycles. The molecule has 33 heavy (non-hydrogen) atoms. The van der Waals surface area contributed by atoms with E-state index in [9.17, 15) is 13.2 Å². The number of hydrogen-bond donors (Lipinski definition) is 3. The van der Waals surface area contributed by atoms with E-state index in [2.05, 4.69) is 22.6 Å². The third-order valence-corrected chi connectivity index (χ3v) is 6.67. The second-order valence-electron chi connectivity index (χ2n) is 9.39. The topological polar surface area (TPSA) is 128 Å². The SMILES string of the molecule is CC(Nc1ccc(S(=O)(=O)NC(=O)OC(C)(C)C)c(N)c1)c1cn2cc(C3CC3)ccc2n1. The van der Waals surface area contributed by atoms with E-state index in [4.69, 9.17) is 10.5 Å². The third-order valence-electron chi connectivity index (χ3n) is 5.28. The average molecular weight is 472 g/mol. The van der Waals surface area contributed by atoms with Gasteiger partial charge in [-0.3, -0.25) is 0 Å². The van der Waals surface area contributed by atoms with Crippen molar-refractivity contribution in [3.05, 3.63) is 54.0 Å². The summed E-state index contributed by atoms with van der Waals surface area (Å²) in [5, 5.41) is 3.30. The second-order valence-corrected chi connectivity index (χ2v) is 11.0. The minimum atomic E-state index is -4.18. The van der Waals surface area contributed by atoms with Gasteiger partial charge in [0.1, 0.15) is 16.1 Å². The van der Waals surface area contributed by atoms with E-state index < -0.39 is 21.7 Å². The Hall–Kier alpha value is -3.27. The fourth-order valence-electron chi connectivity index (χ4n) is 3.57. The zero-order valence-corrected chi connectivity index (χ0v) is 19.9. The van der Waals surface area contributed by atoms with Crippen molar-refractivity contribution < 1.29 is 17.9 Å². The van der Waals surface area contributed by atoms with Crippen LogP contribution in [0.3, 0.4) is 0 Å². The van der Waals surface area contributed by atoms with E-state index in [1.165, 1.54) is 30.5 Å². The summed E-state index contributed by atoms with van der Waals surface area (Å²) >= 11 is 0. The van der Waals surface area contributed by atoms with E-state index in [1.807, 2.05) is 28.3 Å². The monoisotopic (exact) mass is 471 g/mol. The van der Waals surface area contributed by atoms with Crippen LogP contribution in [0.2, 0.25) is 0 Å². The zero-order valence-electron chi connectivity index (χ0n) is 19.1. The highest BCUT2D eigenvalue weighted by molar-refractivity contribution is 7.90. The maximum Gasteiger partial charge on any atom is 0.421 e. The fraction of sp³-hybridized carbons (Fsp3) is 0.391. The standard InChI is InChI=1S/C23H29N5O4S/c1-14(19-13-28-12-16(15-5-6-15)7-10-21(28)26-19)25-17-8-9-20(18(24)11-17)33(30,31)27-22(29)32-23(2,3)4/h7-15,25H,5-6,24H2,1-4H3,(H,27,29). The van der Waals surface area contributed by atoms with Crippen LogP contribution >= 0.6 is 0 Å². The number of nitrogens with one attached hydrogen (secondary N) is 2. The highest BCUT2D eigenvalue weighted by atomic mass is 32.2. The minimum absolute atomic E-state index is 0.00679. The molecule has 3 aromatic rings. The van der Waals surface area contributed by atoms with Crippen molar-refractivity contribution in [1.29, 1.82) is 0 Å². The molecule has 0 radical (unpaired) electrons. The van der Waals surface area contributed by atoms with Crippen molar-refractivity contribution in [1.82, 2.24) is 14.1 Å². The summed E-state index contributed by atoms with van der Waals surface area (Å²) in [7, 11) is -4.18. The number of carbonyl (C=O) groups excluding carboxylic acids is 1. The summed E-state index contributed by atoms with van der Waals surface area (Å²) in [5.41, 5.74) is 8.87. The molecular formula is C23H29N5O4S. The first-order valence-corrected chi connectivity index (χ1v) is 12.3. The van der Waals surface area contributed by atoms with Gasteiger partial charge in [0.25, 0.3) is 10.0 Å². The molecule has 1 aromatic carbocycles. The fourth-order valence-corrected chi connectivity index (χ4v) is 4.55. The summed E-state index contributed by atoms with van der Waals surface area (Å²) < 4.78 is 34.1. The molecular weight excluding hydrogens is 442 g/mol. The lowest BCUT2D eigenvalue weighted by molar-refractivity contribution is 0.0570. The van der Waals surface area contributed by atoms with E-state index in [0.29, 0.717) is 11.6 Å². The molecule has 2 aromatic heterocycles. The van der Waals surface area contributed by atoms with Crippen LogP contribution in [0, 0.1) is 0 Å². The number of fused-ring (bicyclic) bond motifs is 1. The largest absolute Gasteiger partial charge is 0.443 e. The molecule has 1 amide bonds. The van der Waals surface area contributed by atoms with Crippen LogP contribution in [-0.2, 0) is 14.8 Å². The number of carbonyl (C=O) groups is 1. The van der Waals surface area contributed by atoms with Crippen LogP contribution < -0.4 is 15.8 Å². The van der Waals surface area contributed by atoms with Crippen molar-refractivity contribution in [3.63, 3.8) is 0 Å². The van der Waals surface area contributed by atoms with Gasteiger partial charge in [-0.15, -0.1) is 0 Å². The zero-order chi connectivity index (χ0) is 24.0. The van der Waals surface area contributed by atoms with Gasteiger partial charge in [0.2, 0.25) is 0 Å². The molecule has 0 saturated heterocycles. The first kappa shape index (κ1) is 22.9. The highest BCUT2D eigenvalue weighted by Crippen LogP contribution is 2.40. The predicted molar refractivity (Wildman–Crippen MR) is 127 cm³/mol. The molecule has 0 spiro atoms. The summed E-state index contributed by atoms with van der Waals surface area (Å²) in [6.45, 7) is 6.90. The summed E-state index contributed by atoms with van der Waals surface area (Å²) in [4.78, 5) is 16.4. The Balaban J connectivity index is 1.47. The van der Waals surface area contributed by atoms with Gasteiger partial charge < -0.3 is 20.2 Å². The van der Waals surface area contributed by atoms with Gasteiger partial charge in [-0.1, -0.05) is 6.07 Å². The Morgan fingerprint density at radius 1 is 1.21 bits per heavy atom. The number of anilines is 2. The van der Waals surface area contributed by atoms with Crippen molar-refractivity contribution in [2.24, 2.45) is 0 Å². The third kappa shape index (κ3) is 5.39. The van der Waals surface area contributed by atoms with Crippen molar-refractivity contribution in [3.8, 4) is 0 Å². The van der Waals surface area contributed by atoms with Gasteiger partial charge in [-0.05, 0) is 76.3 Å². The molecule has 4 N–H and O–H groups in total. The quantitative estimate of drug-likeness (QED) is 0.460. The molecule has 0 aliphatic heterocycles. The van der Waals surface area contributed by atoms with Crippen molar-refractivity contribution in [2.45, 2.75) is 63.0 Å². The number of amides is 1. The smallest absolute Gasteiger partial charge is 0.421 e. The first-order chi connectivity index (χ1) is 15.4. The molecule has 1 aliphatic rings. The molecule has 1 fully saturated rings. The van der Waals surface area contributed by atoms with Crippen LogP contribution in [0.15, 0.2) is 47.6 Å². The van der Waals surface area contributed by atoms with Gasteiger partial charge in [-0.2, -0.15) is 0 Å². The Kier molecular flexibility index (Phi) is 5.73. The van der Waals surface area contributed by atoms with Crippen LogP contribution in [0.4, 0.5) is 16.2 Å². The molecule has 4 rings (SSSR count). The number of sulfonamides is 1. The number of aromatic nitrogens is 2. The highest BCUT2D eigenvalue weighted by Gasteiger charge is 2.25. The lowest BCUT2D eigenvalue weighted by Gasteiger charge is -2.20. The van der Waals surface area contributed by atoms with E-state index in [1.54, 1.807) is 26.8 Å². The average Bonchev–Trinajstić information content (AvgIpc) is 3.44. The van der Waals surface area contributed by atoms with E-state index in [-0.39, 0.29) is 16.6 Å². The molecule has 1 saturated carbocycles. The molecule has 9 nitrogen and oxygen atoms in total. The number of nitrogens with zero attached hydrogens (tertiary/aromatic N) is 2. The molecule has 176 valence electrons. The minimum Gasteiger partial charge on any atom is -0.443 e. The van der Waals surface area contributed by atoms with Gasteiger partial charge in [-0.25, -0.2) is 22.9 Å². The number of nitrogens with two attached hydrogens (primary N) is 1. The van der Waals surface area contributed by atoms with E-state index in [0.717, 1.165) is 11.3 Å². The molecule has 0 bridgehead atoms. The summed E-state index contributed by atoms with van der Waals surface area (Å²) in [6, 6.07) is 8.48. The first-order valence-electron chi connectivity index (χ1n) is 10.8. The van der Waals surface area contributed by atoms with Crippen molar-refractivity contribution >= 4 is 33.1 Å². The van der Waals surface area contributed by atoms with Gasteiger partial charge in [0.15, 0.2) is 0 Å². The molecule has 1 unspecified atom stereocenters. The Morgan fingerprint density at radius 2 is 1.94 bits per heavy atom. The number of pyridine rings is 1. The normalized spacial score (nSPS) is 15.3. The Morgan fingerprint density at radius 3 is 2.58 bits per heavy atom. The molecule has 2 heterocycles. The van der Waals surface area contributed by atoms with Gasteiger partial charge in [0.05, 0.1) is 17.4 Å². The maximum atomic E-state index is 12.6.